The van der Waals surface area contributed by atoms with E-state index in [1.165, 1.54) is 30.9 Å². The summed E-state index contributed by atoms with van der Waals surface area (Å²) >= 11 is 0. The molecule has 2 aromatic rings. The molecule has 136 valence electrons. The quantitative estimate of drug-likeness (QED) is 0.818. The highest BCUT2D eigenvalue weighted by Gasteiger charge is 2.38. The molecule has 1 aromatic carbocycles. The molecule has 25 heavy (non-hydrogen) atoms. The van der Waals surface area contributed by atoms with Gasteiger partial charge in [0.25, 0.3) is 5.91 Å². The van der Waals surface area contributed by atoms with E-state index < -0.39 is 5.82 Å². The SMILES string of the molecule is Cl.Cl.O=C(c1cc(F)cc2nccnc12)N1CCC2(CCNC2)CC1. The normalized spacial score (nSPS) is 18.7. The number of likely N-dealkylation sites (tertiary alicyclic amines) is 1. The summed E-state index contributed by atoms with van der Waals surface area (Å²) in [5.41, 5.74) is 1.56. The maximum Gasteiger partial charge on any atom is 0.256 e. The van der Waals surface area contributed by atoms with Gasteiger partial charge < -0.3 is 10.2 Å². The Morgan fingerprint density at radius 2 is 1.84 bits per heavy atom. The van der Waals surface area contributed by atoms with Crippen LogP contribution in [0.4, 0.5) is 4.39 Å². The van der Waals surface area contributed by atoms with E-state index in [-0.39, 0.29) is 30.7 Å². The maximum absolute atomic E-state index is 13.8. The number of benzene rings is 1. The standard InChI is InChI=1S/C17H19FN4O.2ClH/c18-12-9-13(15-14(10-12)20-5-6-21-15)16(23)22-7-2-17(3-8-22)1-4-19-11-17;;/h5-6,9-10,19H,1-4,7-8,11H2;2*1H. The second-order valence-electron chi connectivity index (χ2n) is 6.60. The molecule has 2 saturated heterocycles. The highest BCUT2D eigenvalue weighted by Crippen LogP contribution is 2.37. The Balaban J connectivity index is 0.00000113. The lowest BCUT2D eigenvalue weighted by atomic mass is 9.78. The van der Waals surface area contributed by atoms with Crippen molar-refractivity contribution in [2.24, 2.45) is 5.41 Å². The average molecular weight is 387 g/mol. The van der Waals surface area contributed by atoms with Crippen LogP contribution in [0.5, 0.6) is 0 Å². The van der Waals surface area contributed by atoms with Gasteiger partial charge in [0.05, 0.1) is 11.1 Å². The molecular weight excluding hydrogens is 366 g/mol. The van der Waals surface area contributed by atoms with Gasteiger partial charge in [-0.25, -0.2) is 4.39 Å². The zero-order valence-electron chi connectivity index (χ0n) is 13.7. The van der Waals surface area contributed by atoms with Crippen LogP contribution in [0.15, 0.2) is 24.5 Å². The maximum atomic E-state index is 13.8. The summed E-state index contributed by atoms with van der Waals surface area (Å²) < 4.78 is 13.8. The number of halogens is 3. The van der Waals surface area contributed by atoms with Crippen molar-refractivity contribution < 1.29 is 9.18 Å². The van der Waals surface area contributed by atoms with Crippen molar-refractivity contribution in [2.45, 2.75) is 19.3 Å². The summed E-state index contributed by atoms with van der Waals surface area (Å²) in [5.74, 6) is -0.592. The minimum atomic E-state index is -0.449. The highest BCUT2D eigenvalue weighted by molar-refractivity contribution is 6.04. The minimum Gasteiger partial charge on any atom is -0.339 e. The molecule has 2 aliphatic rings. The molecule has 1 N–H and O–H groups in total. The summed E-state index contributed by atoms with van der Waals surface area (Å²) in [6, 6.07) is 2.59. The second-order valence-corrected chi connectivity index (χ2v) is 6.60. The predicted octanol–water partition coefficient (Wildman–Crippen LogP) is 2.83. The first-order valence-corrected chi connectivity index (χ1v) is 8.07. The Morgan fingerprint density at radius 1 is 1.12 bits per heavy atom. The number of carbonyl (C=O) groups is 1. The van der Waals surface area contributed by atoms with Crippen molar-refractivity contribution in [1.82, 2.24) is 20.2 Å². The third-order valence-electron chi connectivity index (χ3n) is 5.21. The Bertz CT molecular complexity index is 757. The van der Waals surface area contributed by atoms with Crippen molar-refractivity contribution in [3.8, 4) is 0 Å². The number of nitrogens with zero attached hydrogens (tertiary/aromatic N) is 3. The smallest absolute Gasteiger partial charge is 0.256 e. The molecule has 1 aromatic heterocycles. The second kappa shape index (κ2) is 7.81. The Hall–Kier alpha value is -1.50. The molecule has 0 unspecified atom stereocenters. The van der Waals surface area contributed by atoms with Gasteiger partial charge in [-0.05, 0) is 37.3 Å². The zero-order chi connectivity index (χ0) is 15.9. The lowest BCUT2D eigenvalue weighted by molar-refractivity contribution is 0.0609. The molecule has 1 amide bonds. The molecule has 8 heteroatoms. The molecule has 0 aliphatic carbocycles. The van der Waals surface area contributed by atoms with E-state index in [9.17, 15) is 9.18 Å². The van der Waals surface area contributed by atoms with Gasteiger partial charge >= 0.3 is 0 Å². The lowest BCUT2D eigenvalue weighted by Gasteiger charge is -2.39. The monoisotopic (exact) mass is 386 g/mol. The molecule has 0 bridgehead atoms. The lowest BCUT2D eigenvalue weighted by Crippen LogP contribution is -2.44. The average Bonchev–Trinajstić information content (AvgIpc) is 3.02. The number of hydrogen-bond donors (Lipinski definition) is 1. The molecule has 0 radical (unpaired) electrons. The van der Waals surface area contributed by atoms with Crippen LogP contribution in [0, 0.1) is 11.2 Å². The summed E-state index contributed by atoms with van der Waals surface area (Å²) in [6.45, 7) is 3.55. The van der Waals surface area contributed by atoms with Crippen LogP contribution >= 0.6 is 24.8 Å². The third kappa shape index (κ3) is 3.71. The number of amides is 1. The van der Waals surface area contributed by atoms with Crippen molar-refractivity contribution >= 4 is 41.8 Å². The molecule has 1 spiro atoms. The van der Waals surface area contributed by atoms with E-state index in [0.29, 0.717) is 22.0 Å². The summed E-state index contributed by atoms with van der Waals surface area (Å²) in [5, 5.41) is 3.42. The first kappa shape index (κ1) is 19.8. The minimum absolute atomic E-state index is 0. The largest absolute Gasteiger partial charge is 0.339 e. The number of rotatable bonds is 1. The molecular formula is C17H21Cl2FN4O. The molecule has 2 aliphatic heterocycles. The van der Waals surface area contributed by atoms with E-state index in [4.69, 9.17) is 0 Å². The topological polar surface area (TPSA) is 58.1 Å². The van der Waals surface area contributed by atoms with Crippen LogP contribution in [-0.4, -0.2) is 47.0 Å². The van der Waals surface area contributed by atoms with Crippen LogP contribution in [-0.2, 0) is 0 Å². The van der Waals surface area contributed by atoms with Crippen LogP contribution < -0.4 is 5.32 Å². The molecule has 2 fully saturated rings. The first-order valence-electron chi connectivity index (χ1n) is 8.07. The molecule has 0 atom stereocenters. The number of piperidine rings is 1. The van der Waals surface area contributed by atoms with Gasteiger partial charge in [0.1, 0.15) is 11.3 Å². The van der Waals surface area contributed by atoms with Crippen LogP contribution in [0.2, 0.25) is 0 Å². The number of nitrogens with one attached hydrogen (secondary N) is 1. The summed E-state index contributed by atoms with van der Waals surface area (Å²) in [6.07, 6.45) is 6.24. The van der Waals surface area contributed by atoms with Crippen molar-refractivity contribution in [2.75, 3.05) is 26.2 Å². The fourth-order valence-electron chi connectivity index (χ4n) is 3.78. The van der Waals surface area contributed by atoms with Gasteiger partial charge in [0.2, 0.25) is 0 Å². The van der Waals surface area contributed by atoms with Crippen LogP contribution in [0.3, 0.4) is 0 Å². The van der Waals surface area contributed by atoms with Gasteiger partial charge in [-0.3, -0.25) is 14.8 Å². The van der Waals surface area contributed by atoms with Gasteiger partial charge in [-0.15, -0.1) is 24.8 Å². The predicted molar refractivity (Wildman–Crippen MR) is 99.0 cm³/mol. The van der Waals surface area contributed by atoms with E-state index in [1.54, 1.807) is 0 Å². The van der Waals surface area contributed by atoms with Crippen LogP contribution in [0.1, 0.15) is 29.6 Å². The molecule has 3 heterocycles. The number of fused-ring (bicyclic) bond motifs is 1. The van der Waals surface area contributed by atoms with Gasteiger partial charge in [0.15, 0.2) is 0 Å². The Morgan fingerprint density at radius 3 is 2.52 bits per heavy atom. The van der Waals surface area contributed by atoms with E-state index in [2.05, 4.69) is 15.3 Å². The summed E-state index contributed by atoms with van der Waals surface area (Å²) in [7, 11) is 0. The molecule has 0 saturated carbocycles. The Labute approximate surface area is 158 Å². The molecule has 5 nitrogen and oxygen atoms in total. The van der Waals surface area contributed by atoms with Crippen LogP contribution in [0.25, 0.3) is 11.0 Å². The van der Waals surface area contributed by atoms with Gasteiger partial charge in [-0.1, -0.05) is 0 Å². The van der Waals surface area contributed by atoms with Crippen molar-refractivity contribution in [3.05, 3.63) is 35.9 Å². The van der Waals surface area contributed by atoms with E-state index in [0.717, 1.165) is 39.0 Å². The number of hydrogen-bond acceptors (Lipinski definition) is 4. The fraction of sp³-hybridized carbons (Fsp3) is 0.471. The fourth-order valence-corrected chi connectivity index (χ4v) is 3.78. The molecule has 4 rings (SSSR count). The number of carbonyl (C=O) groups excluding carboxylic acids is 1. The summed E-state index contributed by atoms with van der Waals surface area (Å²) in [4.78, 5) is 23.0. The first-order chi connectivity index (χ1) is 11.2. The van der Waals surface area contributed by atoms with Crippen molar-refractivity contribution in [1.29, 1.82) is 0 Å². The van der Waals surface area contributed by atoms with Gasteiger partial charge in [-0.2, -0.15) is 0 Å². The van der Waals surface area contributed by atoms with E-state index in [1.807, 2.05) is 4.90 Å². The highest BCUT2D eigenvalue weighted by atomic mass is 35.5. The van der Waals surface area contributed by atoms with Crippen molar-refractivity contribution in [3.63, 3.8) is 0 Å². The zero-order valence-corrected chi connectivity index (χ0v) is 15.3. The Kier molecular flexibility index (Phi) is 6.19. The van der Waals surface area contributed by atoms with E-state index >= 15 is 0 Å². The number of aromatic nitrogens is 2. The third-order valence-corrected chi connectivity index (χ3v) is 5.21. The van der Waals surface area contributed by atoms with Gasteiger partial charge in [0, 0.05) is 38.1 Å².